The lowest BCUT2D eigenvalue weighted by Gasteiger charge is -2.38. The third-order valence-electron chi connectivity index (χ3n) is 5.48. The molecule has 0 aromatic heterocycles. The van der Waals surface area contributed by atoms with Crippen molar-refractivity contribution in [2.75, 3.05) is 45.8 Å². The number of benzene rings is 1. The molecule has 0 N–H and O–H groups in total. The van der Waals surface area contributed by atoms with Crippen molar-refractivity contribution in [2.24, 2.45) is 5.92 Å². The second kappa shape index (κ2) is 8.90. The standard InChI is InChI=1S/C19H28ClN3O3S/c1-2-9-21-10-7-16(8-11-21)19(24)22-12-14-23(15-13-22)27(25,26)18-6-4-3-5-17(18)20/h3-6,16H,2,7-15H2,1H3. The number of hydrogen-bond acceptors (Lipinski definition) is 4. The lowest BCUT2D eigenvalue weighted by Crippen LogP contribution is -2.52. The number of sulfonamides is 1. The minimum Gasteiger partial charge on any atom is -0.340 e. The van der Waals surface area contributed by atoms with Gasteiger partial charge in [0, 0.05) is 32.1 Å². The third-order valence-corrected chi connectivity index (χ3v) is 7.88. The third kappa shape index (κ3) is 4.65. The van der Waals surface area contributed by atoms with E-state index in [9.17, 15) is 13.2 Å². The number of rotatable bonds is 5. The van der Waals surface area contributed by atoms with Crippen LogP contribution in [0.3, 0.4) is 0 Å². The summed E-state index contributed by atoms with van der Waals surface area (Å²) in [6, 6.07) is 6.49. The van der Waals surface area contributed by atoms with Gasteiger partial charge in [0.05, 0.1) is 5.02 Å². The Morgan fingerprint density at radius 3 is 2.30 bits per heavy atom. The molecule has 1 aromatic carbocycles. The molecule has 0 aliphatic carbocycles. The number of carbonyl (C=O) groups is 1. The van der Waals surface area contributed by atoms with Crippen molar-refractivity contribution < 1.29 is 13.2 Å². The molecule has 27 heavy (non-hydrogen) atoms. The first-order chi connectivity index (χ1) is 12.9. The van der Waals surface area contributed by atoms with Crippen LogP contribution in [0.1, 0.15) is 26.2 Å². The molecular formula is C19H28ClN3O3S. The van der Waals surface area contributed by atoms with Crippen molar-refractivity contribution in [2.45, 2.75) is 31.1 Å². The molecule has 0 spiro atoms. The Morgan fingerprint density at radius 2 is 1.70 bits per heavy atom. The zero-order valence-corrected chi connectivity index (χ0v) is 17.4. The van der Waals surface area contributed by atoms with Gasteiger partial charge >= 0.3 is 0 Å². The fourth-order valence-electron chi connectivity index (χ4n) is 3.92. The summed E-state index contributed by atoms with van der Waals surface area (Å²) in [4.78, 5) is 17.2. The van der Waals surface area contributed by atoms with Crippen LogP contribution in [0.4, 0.5) is 0 Å². The van der Waals surface area contributed by atoms with Gasteiger partial charge in [-0.15, -0.1) is 0 Å². The van der Waals surface area contributed by atoms with E-state index in [1.54, 1.807) is 18.2 Å². The van der Waals surface area contributed by atoms with Gasteiger partial charge in [0.15, 0.2) is 0 Å². The van der Waals surface area contributed by atoms with Gasteiger partial charge in [-0.2, -0.15) is 4.31 Å². The van der Waals surface area contributed by atoms with Gasteiger partial charge < -0.3 is 9.80 Å². The highest BCUT2D eigenvalue weighted by molar-refractivity contribution is 7.89. The minimum atomic E-state index is -3.62. The molecule has 2 heterocycles. The zero-order valence-electron chi connectivity index (χ0n) is 15.8. The Morgan fingerprint density at radius 1 is 1.07 bits per heavy atom. The Bertz CT molecular complexity index is 755. The van der Waals surface area contributed by atoms with E-state index >= 15 is 0 Å². The van der Waals surface area contributed by atoms with Gasteiger partial charge in [-0.1, -0.05) is 30.7 Å². The van der Waals surface area contributed by atoms with Gasteiger partial charge in [0.2, 0.25) is 15.9 Å². The molecule has 1 aromatic rings. The van der Waals surface area contributed by atoms with E-state index in [0.29, 0.717) is 26.2 Å². The zero-order chi connectivity index (χ0) is 19.4. The first-order valence-electron chi connectivity index (χ1n) is 9.69. The lowest BCUT2D eigenvalue weighted by atomic mass is 9.95. The van der Waals surface area contributed by atoms with Gasteiger partial charge in [-0.3, -0.25) is 4.79 Å². The van der Waals surface area contributed by atoms with Crippen LogP contribution in [0.15, 0.2) is 29.2 Å². The fraction of sp³-hybridized carbons (Fsp3) is 0.632. The number of carbonyl (C=O) groups excluding carboxylic acids is 1. The number of halogens is 1. The molecule has 8 heteroatoms. The number of amides is 1. The van der Waals surface area contributed by atoms with E-state index in [4.69, 9.17) is 11.6 Å². The molecular weight excluding hydrogens is 386 g/mol. The van der Waals surface area contributed by atoms with Crippen molar-refractivity contribution in [3.63, 3.8) is 0 Å². The van der Waals surface area contributed by atoms with Gasteiger partial charge in [-0.05, 0) is 51.0 Å². The predicted molar refractivity (Wildman–Crippen MR) is 106 cm³/mol. The van der Waals surface area contributed by atoms with Crippen LogP contribution in [0, 0.1) is 5.92 Å². The van der Waals surface area contributed by atoms with Crippen molar-refractivity contribution in [1.29, 1.82) is 0 Å². The van der Waals surface area contributed by atoms with Gasteiger partial charge in [0.1, 0.15) is 4.90 Å². The maximum absolute atomic E-state index is 12.8. The number of hydrogen-bond donors (Lipinski definition) is 0. The summed E-state index contributed by atoms with van der Waals surface area (Å²) in [5.41, 5.74) is 0. The van der Waals surface area contributed by atoms with E-state index in [0.717, 1.165) is 38.9 Å². The maximum Gasteiger partial charge on any atom is 0.244 e. The summed E-state index contributed by atoms with van der Waals surface area (Å²) in [5, 5.41) is 0.231. The summed E-state index contributed by atoms with van der Waals surface area (Å²) in [5.74, 6) is 0.255. The normalized spacial score (nSPS) is 20.7. The maximum atomic E-state index is 12.8. The highest BCUT2D eigenvalue weighted by Gasteiger charge is 2.34. The number of nitrogens with zero attached hydrogens (tertiary/aromatic N) is 3. The van der Waals surface area contributed by atoms with E-state index < -0.39 is 10.0 Å². The summed E-state index contributed by atoms with van der Waals surface area (Å²) in [6.45, 7) is 6.74. The largest absolute Gasteiger partial charge is 0.340 e. The summed E-state index contributed by atoms with van der Waals surface area (Å²) < 4.78 is 27.1. The number of piperazine rings is 1. The molecule has 0 radical (unpaired) electrons. The molecule has 150 valence electrons. The minimum absolute atomic E-state index is 0.0739. The summed E-state index contributed by atoms with van der Waals surface area (Å²) >= 11 is 6.07. The second-order valence-electron chi connectivity index (χ2n) is 7.28. The van der Waals surface area contributed by atoms with Crippen molar-refractivity contribution in [1.82, 2.24) is 14.1 Å². The molecule has 0 atom stereocenters. The smallest absolute Gasteiger partial charge is 0.244 e. The van der Waals surface area contributed by atoms with Crippen LogP contribution >= 0.6 is 11.6 Å². The second-order valence-corrected chi connectivity index (χ2v) is 9.59. The summed E-state index contributed by atoms with van der Waals surface area (Å²) in [7, 11) is -3.62. The van der Waals surface area contributed by atoms with E-state index in [1.807, 2.05) is 4.90 Å². The molecule has 2 fully saturated rings. The van der Waals surface area contributed by atoms with Crippen LogP contribution in [-0.2, 0) is 14.8 Å². The average molecular weight is 414 g/mol. The predicted octanol–water partition coefficient (Wildman–Crippen LogP) is 2.29. The van der Waals surface area contributed by atoms with Crippen molar-refractivity contribution in [3.8, 4) is 0 Å². The van der Waals surface area contributed by atoms with E-state index in [-0.39, 0.29) is 21.7 Å². The van der Waals surface area contributed by atoms with Gasteiger partial charge in [0.25, 0.3) is 0 Å². The number of piperidine rings is 1. The van der Waals surface area contributed by atoms with Crippen LogP contribution in [0.25, 0.3) is 0 Å². The monoisotopic (exact) mass is 413 g/mol. The number of likely N-dealkylation sites (tertiary alicyclic amines) is 1. The molecule has 6 nitrogen and oxygen atoms in total. The molecule has 2 aliphatic rings. The summed E-state index contributed by atoms with van der Waals surface area (Å²) in [6.07, 6.45) is 2.94. The lowest BCUT2D eigenvalue weighted by molar-refractivity contribution is -0.138. The Kier molecular flexibility index (Phi) is 6.78. The first-order valence-corrected chi connectivity index (χ1v) is 11.5. The first kappa shape index (κ1) is 20.6. The van der Waals surface area contributed by atoms with Crippen LogP contribution < -0.4 is 0 Å². The van der Waals surface area contributed by atoms with E-state index in [2.05, 4.69) is 11.8 Å². The van der Waals surface area contributed by atoms with Gasteiger partial charge in [-0.25, -0.2) is 8.42 Å². The molecule has 0 unspecified atom stereocenters. The van der Waals surface area contributed by atoms with E-state index in [1.165, 1.54) is 10.4 Å². The van der Waals surface area contributed by atoms with Crippen LogP contribution in [0.2, 0.25) is 5.02 Å². The molecule has 3 rings (SSSR count). The highest BCUT2D eigenvalue weighted by Crippen LogP contribution is 2.26. The quantitative estimate of drug-likeness (QED) is 0.743. The SMILES string of the molecule is CCCN1CCC(C(=O)N2CCN(S(=O)(=O)c3ccccc3Cl)CC2)CC1. The topological polar surface area (TPSA) is 60.9 Å². The average Bonchev–Trinajstić information content (AvgIpc) is 2.68. The Hall–Kier alpha value is -1.15. The van der Waals surface area contributed by atoms with Crippen LogP contribution in [0.5, 0.6) is 0 Å². The molecule has 2 aliphatic heterocycles. The molecule has 2 saturated heterocycles. The highest BCUT2D eigenvalue weighted by atomic mass is 35.5. The van der Waals surface area contributed by atoms with Crippen LogP contribution in [-0.4, -0.2) is 74.2 Å². The molecule has 0 saturated carbocycles. The Balaban J connectivity index is 1.56. The molecule has 0 bridgehead atoms. The fourth-order valence-corrected chi connectivity index (χ4v) is 5.84. The van der Waals surface area contributed by atoms with Crippen molar-refractivity contribution >= 4 is 27.5 Å². The Labute approximate surface area is 167 Å². The van der Waals surface area contributed by atoms with Crippen molar-refractivity contribution in [3.05, 3.63) is 29.3 Å². The molecule has 1 amide bonds.